The lowest BCUT2D eigenvalue weighted by molar-refractivity contribution is 0.0696. The van der Waals surface area contributed by atoms with Gasteiger partial charge in [-0.05, 0) is 30.9 Å². The maximum atomic E-state index is 10.7. The van der Waals surface area contributed by atoms with Crippen LogP contribution in [0.15, 0.2) is 18.2 Å². The standard InChI is InChI=1S/C11H11BO3/c12-9-3-8(11(13)14)4-10(5-9)15-6-7-1-2-7/h3-5,7H,1-2,6H2,(H,13,14). The van der Waals surface area contributed by atoms with Crippen molar-refractivity contribution in [3.63, 3.8) is 0 Å². The fourth-order valence-corrected chi connectivity index (χ4v) is 1.33. The van der Waals surface area contributed by atoms with Crippen molar-refractivity contribution in [2.75, 3.05) is 6.61 Å². The molecule has 1 N–H and O–H groups in total. The molecule has 1 fully saturated rings. The number of benzene rings is 1. The highest BCUT2D eigenvalue weighted by atomic mass is 16.5. The van der Waals surface area contributed by atoms with E-state index < -0.39 is 5.97 Å². The molecule has 15 heavy (non-hydrogen) atoms. The van der Waals surface area contributed by atoms with Gasteiger partial charge in [0.15, 0.2) is 0 Å². The summed E-state index contributed by atoms with van der Waals surface area (Å²) in [6.07, 6.45) is 2.40. The first-order valence-corrected chi connectivity index (χ1v) is 4.92. The molecule has 3 nitrogen and oxygen atoms in total. The monoisotopic (exact) mass is 202 g/mol. The molecule has 76 valence electrons. The van der Waals surface area contributed by atoms with Crippen molar-refractivity contribution in [3.05, 3.63) is 23.8 Å². The van der Waals surface area contributed by atoms with Gasteiger partial charge in [0.2, 0.25) is 0 Å². The quantitative estimate of drug-likeness (QED) is 0.739. The van der Waals surface area contributed by atoms with Gasteiger partial charge in [-0.3, -0.25) is 0 Å². The zero-order valence-electron chi connectivity index (χ0n) is 8.27. The minimum absolute atomic E-state index is 0.167. The van der Waals surface area contributed by atoms with Crippen molar-refractivity contribution >= 4 is 19.3 Å². The highest BCUT2D eigenvalue weighted by Gasteiger charge is 2.22. The van der Waals surface area contributed by atoms with Crippen LogP contribution in [0.25, 0.3) is 0 Å². The van der Waals surface area contributed by atoms with Crippen LogP contribution in [0.1, 0.15) is 23.2 Å². The van der Waals surface area contributed by atoms with E-state index in [4.69, 9.17) is 17.7 Å². The van der Waals surface area contributed by atoms with Crippen LogP contribution in [0, 0.1) is 5.92 Å². The smallest absolute Gasteiger partial charge is 0.335 e. The third kappa shape index (κ3) is 2.75. The largest absolute Gasteiger partial charge is 0.493 e. The molecule has 0 bridgehead atoms. The van der Waals surface area contributed by atoms with Crippen molar-refractivity contribution in [3.8, 4) is 5.75 Å². The zero-order chi connectivity index (χ0) is 10.8. The summed E-state index contributed by atoms with van der Waals surface area (Å²) in [6, 6.07) is 4.57. The molecule has 0 aliphatic heterocycles. The number of rotatable bonds is 4. The van der Waals surface area contributed by atoms with Gasteiger partial charge in [-0.15, -0.1) is 0 Å². The predicted molar refractivity (Wildman–Crippen MR) is 57.0 cm³/mol. The number of hydrogen-bond acceptors (Lipinski definition) is 2. The maximum Gasteiger partial charge on any atom is 0.335 e. The molecule has 2 radical (unpaired) electrons. The van der Waals surface area contributed by atoms with Crippen LogP contribution in [-0.4, -0.2) is 25.5 Å². The molecule has 1 aliphatic carbocycles. The van der Waals surface area contributed by atoms with Crippen LogP contribution < -0.4 is 10.2 Å². The van der Waals surface area contributed by atoms with Crippen LogP contribution in [0.3, 0.4) is 0 Å². The summed E-state index contributed by atoms with van der Waals surface area (Å²) in [5.74, 6) is 0.192. The lowest BCUT2D eigenvalue weighted by Crippen LogP contribution is -2.09. The van der Waals surface area contributed by atoms with E-state index in [-0.39, 0.29) is 5.56 Å². The molecule has 0 aromatic heterocycles. The molecule has 1 aromatic carbocycles. The first kappa shape index (κ1) is 10.1. The number of carboxylic acids is 1. The number of hydrogen-bond donors (Lipinski definition) is 1. The maximum absolute atomic E-state index is 10.7. The molecule has 0 saturated heterocycles. The lowest BCUT2D eigenvalue weighted by atomic mass is 9.94. The first-order valence-electron chi connectivity index (χ1n) is 4.92. The molecule has 1 aliphatic rings. The molecule has 1 aromatic rings. The molecule has 1 saturated carbocycles. The van der Waals surface area contributed by atoms with Crippen LogP contribution in [0.4, 0.5) is 0 Å². The van der Waals surface area contributed by atoms with Gasteiger partial charge >= 0.3 is 5.97 Å². The Hall–Kier alpha value is -1.45. The number of carbonyl (C=O) groups is 1. The van der Waals surface area contributed by atoms with E-state index >= 15 is 0 Å². The molecule has 0 unspecified atom stereocenters. The minimum Gasteiger partial charge on any atom is -0.493 e. The highest BCUT2D eigenvalue weighted by molar-refractivity contribution is 6.32. The fraction of sp³-hybridized carbons (Fsp3) is 0.364. The van der Waals surface area contributed by atoms with E-state index in [1.807, 2.05) is 0 Å². The highest BCUT2D eigenvalue weighted by Crippen LogP contribution is 2.29. The van der Waals surface area contributed by atoms with E-state index in [1.165, 1.54) is 25.0 Å². The van der Waals surface area contributed by atoms with Gasteiger partial charge in [0.1, 0.15) is 13.6 Å². The van der Waals surface area contributed by atoms with Crippen molar-refractivity contribution in [2.24, 2.45) is 5.92 Å². The summed E-state index contributed by atoms with van der Waals surface area (Å²) in [5.41, 5.74) is 0.585. The van der Waals surface area contributed by atoms with Gasteiger partial charge in [-0.1, -0.05) is 11.5 Å². The molecule has 2 rings (SSSR count). The summed E-state index contributed by atoms with van der Waals surface area (Å²) in [5, 5.41) is 8.81. The summed E-state index contributed by atoms with van der Waals surface area (Å²) in [7, 11) is 5.58. The Morgan fingerprint density at radius 2 is 2.20 bits per heavy atom. The van der Waals surface area contributed by atoms with Gasteiger partial charge in [0.25, 0.3) is 0 Å². The summed E-state index contributed by atoms with van der Waals surface area (Å²) >= 11 is 0. The molecule has 0 spiro atoms. The topological polar surface area (TPSA) is 46.5 Å². The van der Waals surface area contributed by atoms with Crippen LogP contribution >= 0.6 is 0 Å². The van der Waals surface area contributed by atoms with Crippen molar-refractivity contribution < 1.29 is 14.6 Å². The van der Waals surface area contributed by atoms with Gasteiger partial charge in [-0.2, -0.15) is 0 Å². The lowest BCUT2D eigenvalue weighted by Gasteiger charge is -2.07. The van der Waals surface area contributed by atoms with Gasteiger partial charge in [0, 0.05) is 0 Å². The Morgan fingerprint density at radius 3 is 2.80 bits per heavy atom. The molecular formula is C11H11BO3. The Bertz CT molecular complexity index is 385. The third-order valence-electron chi connectivity index (χ3n) is 2.36. The van der Waals surface area contributed by atoms with E-state index in [2.05, 4.69) is 0 Å². The molecule has 0 amide bonds. The first-order chi connectivity index (χ1) is 7.15. The summed E-state index contributed by atoms with van der Waals surface area (Å²) in [6.45, 7) is 0.655. The number of carboxylic acid groups (broad SMARTS) is 1. The van der Waals surface area contributed by atoms with Crippen LogP contribution in [0.5, 0.6) is 5.75 Å². The van der Waals surface area contributed by atoms with Gasteiger partial charge in [-0.25, -0.2) is 4.79 Å². The fourth-order valence-electron chi connectivity index (χ4n) is 1.33. The van der Waals surface area contributed by atoms with Crippen molar-refractivity contribution in [1.29, 1.82) is 0 Å². The van der Waals surface area contributed by atoms with Crippen LogP contribution in [0.2, 0.25) is 0 Å². The number of aromatic carboxylic acids is 1. The Morgan fingerprint density at radius 1 is 1.47 bits per heavy atom. The second-order valence-electron chi connectivity index (χ2n) is 3.85. The van der Waals surface area contributed by atoms with E-state index in [0.717, 1.165) is 0 Å². The second-order valence-corrected chi connectivity index (χ2v) is 3.85. The van der Waals surface area contributed by atoms with E-state index in [9.17, 15) is 4.79 Å². The van der Waals surface area contributed by atoms with E-state index in [1.54, 1.807) is 6.07 Å². The molecular weight excluding hydrogens is 191 g/mol. The van der Waals surface area contributed by atoms with Crippen molar-refractivity contribution in [1.82, 2.24) is 0 Å². The average Bonchev–Trinajstić information content (AvgIpc) is 2.97. The zero-order valence-corrected chi connectivity index (χ0v) is 8.27. The summed E-state index contributed by atoms with van der Waals surface area (Å²) < 4.78 is 5.46. The minimum atomic E-state index is -0.987. The second kappa shape index (κ2) is 3.97. The van der Waals surface area contributed by atoms with Gasteiger partial charge in [0.05, 0.1) is 12.2 Å². The molecule has 4 heteroatoms. The predicted octanol–water partition coefficient (Wildman–Crippen LogP) is 0.967. The molecule has 0 atom stereocenters. The summed E-state index contributed by atoms with van der Waals surface area (Å²) in [4.78, 5) is 10.7. The van der Waals surface area contributed by atoms with E-state index in [0.29, 0.717) is 23.7 Å². The Balaban J connectivity index is 2.10. The Labute approximate surface area is 89.5 Å². The van der Waals surface area contributed by atoms with Crippen LogP contribution in [-0.2, 0) is 0 Å². The number of ether oxygens (including phenoxy) is 1. The van der Waals surface area contributed by atoms with Gasteiger partial charge < -0.3 is 9.84 Å². The van der Waals surface area contributed by atoms with Crippen molar-refractivity contribution in [2.45, 2.75) is 12.8 Å². The molecule has 0 heterocycles. The third-order valence-corrected chi connectivity index (χ3v) is 2.36. The SMILES string of the molecule is [B]c1cc(OCC2CC2)cc(C(=O)O)c1. The normalized spacial score (nSPS) is 14.9. The Kier molecular flexibility index (Phi) is 2.67. The average molecular weight is 202 g/mol.